The molecule has 2 heterocycles. The minimum absolute atomic E-state index is 0.569. The number of hydrogen-bond donors (Lipinski definition) is 1. The lowest BCUT2D eigenvalue weighted by Gasteiger charge is -1.98. The lowest BCUT2D eigenvalue weighted by atomic mass is 10.1. The Balaban J connectivity index is 2.04. The van der Waals surface area contributed by atoms with Crippen molar-refractivity contribution in [3.63, 3.8) is 0 Å². The zero-order valence-corrected chi connectivity index (χ0v) is 10.2. The molecule has 0 spiro atoms. The maximum absolute atomic E-state index is 5.57. The van der Waals surface area contributed by atoms with E-state index in [1.165, 1.54) is 0 Å². The molecule has 0 aliphatic rings. The molecule has 2 N–H and O–H groups in total. The summed E-state index contributed by atoms with van der Waals surface area (Å²) in [6.45, 7) is 2.55. The average molecular weight is 244 g/mol. The summed E-state index contributed by atoms with van der Waals surface area (Å²) in [4.78, 5) is 5.48. The molecule has 0 radical (unpaired) electrons. The fourth-order valence-corrected chi connectivity index (χ4v) is 2.47. The smallest absolute Gasteiger partial charge is 0.212 e. The maximum Gasteiger partial charge on any atom is 0.212 e. The van der Waals surface area contributed by atoms with E-state index in [4.69, 9.17) is 5.73 Å². The summed E-state index contributed by atoms with van der Waals surface area (Å²) in [7, 11) is 0. The van der Waals surface area contributed by atoms with Gasteiger partial charge in [0.1, 0.15) is 5.01 Å². The number of fused-ring (bicyclic) bond motifs is 1. The molecule has 4 nitrogen and oxygen atoms in total. The first-order valence-electron chi connectivity index (χ1n) is 5.38. The second-order valence-electron chi connectivity index (χ2n) is 3.88. The van der Waals surface area contributed by atoms with E-state index >= 15 is 0 Å². The van der Waals surface area contributed by atoms with Crippen LogP contribution in [0.2, 0.25) is 0 Å². The highest BCUT2D eigenvalue weighted by Gasteiger charge is 2.07. The molecule has 86 valence electrons. The largest absolute Gasteiger partial charge is 0.326 e. The summed E-state index contributed by atoms with van der Waals surface area (Å²) in [6.07, 6.45) is 1.95. The highest BCUT2D eigenvalue weighted by molar-refractivity contribution is 7.16. The van der Waals surface area contributed by atoms with Gasteiger partial charge in [0.05, 0.1) is 11.9 Å². The van der Waals surface area contributed by atoms with Crippen LogP contribution in [0.15, 0.2) is 30.5 Å². The molecule has 0 bridgehead atoms. The van der Waals surface area contributed by atoms with Crippen LogP contribution in [0.25, 0.3) is 16.2 Å². The van der Waals surface area contributed by atoms with Crippen molar-refractivity contribution in [2.75, 3.05) is 0 Å². The van der Waals surface area contributed by atoms with E-state index in [1.807, 2.05) is 41.9 Å². The van der Waals surface area contributed by atoms with Gasteiger partial charge in [0.15, 0.2) is 0 Å². The summed E-state index contributed by atoms with van der Waals surface area (Å²) in [6, 6.07) is 8.14. The van der Waals surface area contributed by atoms with Gasteiger partial charge in [0.25, 0.3) is 0 Å². The molecule has 0 atom stereocenters. The van der Waals surface area contributed by atoms with Crippen LogP contribution in [0.4, 0.5) is 0 Å². The van der Waals surface area contributed by atoms with Crippen LogP contribution in [-0.4, -0.2) is 14.6 Å². The predicted molar refractivity (Wildman–Crippen MR) is 68.9 cm³/mol. The molecule has 0 fully saturated rings. The Morgan fingerprint density at radius 1 is 1.29 bits per heavy atom. The van der Waals surface area contributed by atoms with E-state index in [9.17, 15) is 0 Å². The first-order chi connectivity index (χ1) is 8.26. The van der Waals surface area contributed by atoms with Gasteiger partial charge in [-0.15, -0.1) is 0 Å². The van der Waals surface area contributed by atoms with Crippen molar-refractivity contribution < 1.29 is 0 Å². The molecule has 1 aromatic carbocycles. The average Bonchev–Trinajstić information content (AvgIpc) is 2.86. The molecule has 3 aromatic rings. The Morgan fingerprint density at radius 3 is 2.71 bits per heavy atom. The number of benzene rings is 1. The number of imidazole rings is 1. The normalized spacial score (nSPS) is 11.2. The van der Waals surface area contributed by atoms with Gasteiger partial charge in [-0.3, -0.25) is 0 Å². The monoisotopic (exact) mass is 244 g/mol. The first kappa shape index (κ1) is 10.4. The third-order valence-corrected chi connectivity index (χ3v) is 3.47. The number of aromatic nitrogens is 3. The van der Waals surface area contributed by atoms with Gasteiger partial charge in [0, 0.05) is 12.1 Å². The van der Waals surface area contributed by atoms with Crippen LogP contribution >= 0.6 is 11.3 Å². The number of aryl methyl sites for hydroxylation is 1. The zero-order chi connectivity index (χ0) is 11.8. The van der Waals surface area contributed by atoms with Crippen LogP contribution < -0.4 is 5.73 Å². The fraction of sp³-hybridized carbons (Fsp3) is 0.167. The molecule has 0 aliphatic carbocycles. The third kappa shape index (κ3) is 1.83. The minimum Gasteiger partial charge on any atom is -0.326 e. The second-order valence-corrected chi connectivity index (χ2v) is 5.04. The Bertz CT molecular complexity index is 619. The second kappa shape index (κ2) is 3.94. The van der Waals surface area contributed by atoms with Crippen molar-refractivity contribution in [1.29, 1.82) is 0 Å². The Kier molecular flexibility index (Phi) is 2.42. The molecule has 0 aliphatic heterocycles. The fourth-order valence-electron chi connectivity index (χ4n) is 1.75. The van der Waals surface area contributed by atoms with Crippen LogP contribution in [-0.2, 0) is 6.54 Å². The van der Waals surface area contributed by atoms with Crippen molar-refractivity contribution in [2.45, 2.75) is 13.5 Å². The number of nitrogens with two attached hydrogens (primary N) is 1. The van der Waals surface area contributed by atoms with Gasteiger partial charge in [0.2, 0.25) is 4.96 Å². The molecule has 2 aromatic heterocycles. The van der Waals surface area contributed by atoms with Crippen molar-refractivity contribution in [1.82, 2.24) is 14.6 Å². The van der Waals surface area contributed by atoms with Crippen LogP contribution in [0.3, 0.4) is 0 Å². The number of nitrogens with zero attached hydrogens (tertiary/aromatic N) is 3. The van der Waals surface area contributed by atoms with Crippen molar-refractivity contribution in [2.24, 2.45) is 5.73 Å². The predicted octanol–water partition coefficient (Wildman–Crippen LogP) is 2.22. The summed E-state index contributed by atoms with van der Waals surface area (Å²) >= 11 is 1.60. The van der Waals surface area contributed by atoms with Gasteiger partial charge in [-0.05, 0) is 12.5 Å². The standard InChI is InChI=1S/C12H12N4S/c1-8-15-16-7-11(14-12(16)17-8)10-4-2-9(6-13)3-5-10/h2-5,7H,6,13H2,1H3. The van der Waals surface area contributed by atoms with Gasteiger partial charge in [-0.25, -0.2) is 9.50 Å². The van der Waals surface area contributed by atoms with E-state index in [0.29, 0.717) is 6.54 Å². The van der Waals surface area contributed by atoms with E-state index in [0.717, 1.165) is 26.8 Å². The van der Waals surface area contributed by atoms with Crippen LogP contribution in [0.1, 0.15) is 10.6 Å². The molecule has 0 unspecified atom stereocenters. The molecule has 0 saturated carbocycles. The molecule has 0 saturated heterocycles. The molecular weight excluding hydrogens is 232 g/mol. The quantitative estimate of drug-likeness (QED) is 0.752. The van der Waals surface area contributed by atoms with Crippen LogP contribution in [0.5, 0.6) is 0 Å². The van der Waals surface area contributed by atoms with Gasteiger partial charge in [-0.1, -0.05) is 35.6 Å². The first-order valence-corrected chi connectivity index (χ1v) is 6.20. The Hall–Kier alpha value is -1.72. The maximum atomic E-state index is 5.57. The van der Waals surface area contributed by atoms with E-state index < -0.39 is 0 Å². The summed E-state index contributed by atoms with van der Waals surface area (Å²) < 4.78 is 1.83. The summed E-state index contributed by atoms with van der Waals surface area (Å²) in [5, 5.41) is 5.37. The molecule has 5 heteroatoms. The number of hydrogen-bond acceptors (Lipinski definition) is 4. The molecule has 3 rings (SSSR count). The van der Waals surface area contributed by atoms with E-state index in [2.05, 4.69) is 10.1 Å². The lowest BCUT2D eigenvalue weighted by Crippen LogP contribution is -1.95. The van der Waals surface area contributed by atoms with Gasteiger partial charge in [-0.2, -0.15) is 5.10 Å². The van der Waals surface area contributed by atoms with E-state index in [-0.39, 0.29) is 0 Å². The minimum atomic E-state index is 0.569. The topological polar surface area (TPSA) is 56.2 Å². The van der Waals surface area contributed by atoms with Crippen molar-refractivity contribution in [3.8, 4) is 11.3 Å². The Labute approximate surface area is 103 Å². The SMILES string of the molecule is Cc1nn2cc(-c3ccc(CN)cc3)nc2s1. The van der Waals surface area contributed by atoms with Crippen LogP contribution in [0, 0.1) is 6.92 Å². The lowest BCUT2D eigenvalue weighted by molar-refractivity contribution is 0.946. The van der Waals surface area contributed by atoms with Gasteiger partial charge < -0.3 is 5.73 Å². The van der Waals surface area contributed by atoms with Crippen molar-refractivity contribution in [3.05, 3.63) is 41.0 Å². The molecular formula is C12H12N4S. The molecule has 17 heavy (non-hydrogen) atoms. The summed E-state index contributed by atoms with van der Waals surface area (Å²) in [5.41, 5.74) is 8.75. The number of rotatable bonds is 2. The van der Waals surface area contributed by atoms with Gasteiger partial charge >= 0.3 is 0 Å². The van der Waals surface area contributed by atoms with Crippen molar-refractivity contribution >= 4 is 16.3 Å². The highest BCUT2D eigenvalue weighted by atomic mass is 32.1. The molecule has 0 amide bonds. The highest BCUT2D eigenvalue weighted by Crippen LogP contribution is 2.22. The Morgan fingerprint density at radius 2 is 2.06 bits per heavy atom. The van der Waals surface area contributed by atoms with E-state index in [1.54, 1.807) is 11.3 Å². The summed E-state index contributed by atoms with van der Waals surface area (Å²) in [5.74, 6) is 0. The third-order valence-electron chi connectivity index (χ3n) is 2.63. The zero-order valence-electron chi connectivity index (χ0n) is 9.42.